The lowest BCUT2D eigenvalue weighted by Crippen LogP contribution is -2.14. The number of H-pyrrole nitrogens is 1. The summed E-state index contributed by atoms with van der Waals surface area (Å²) >= 11 is 4.99. The topological polar surface area (TPSA) is 57.8 Å². The third kappa shape index (κ3) is 4.14. The number of halogens is 1. The molecule has 2 N–H and O–H groups in total. The summed E-state index contributed by atoms with van der Waals surface area (Å²) in [6.45, 7) is 2.00. The van der Waals surface area contributed by atoms with E-state index >= 15 is 0 Å². The summed E-state index contributed by atoms with van der Waals surface area (Å²) in [5.41, 5.74) is 3.90. The quantitative estimate of drug-likeness (QED) is 0.674. The van der Waals surface area contributed by atoms with E-state index < -0.39 is 0 Å². The number of nitrogens with zero attached hydrogens (tertiary/aromatic N) is 1. The van der Waals surface area contributed by atoms with Gasteiger partial charge in [-0.1, -0.05) is 28.1 Å². The van der Waals surface area contributed by atoms with Gasteiger partial charge in [-0.2, -0.15) is 0 Å². The van der Waals surface area contributed by atoms with Gasteiger partial charge >= 0.3 is 0 Å². The van der Waals surface area contributed by atoms with Gasteiger partial charge < -0.3 is 10.3 Å². The van der Waals surface area contributed by atoms with Crippen molar-refractivity contribution in [1.29, 1.82) is 0 Å². The minimum atomic E-state index is -0.00664. The van der Waals surface area contributed by atoms with Crippen LogP contribution >= 0.6 is 27.7 Å². The van der Waals surface area contributed by atoms with Crippen molar-refractivity contribution in [3.8, 4) is 0 Å². The zero-order chi connectivity index (χ0) is 16.2. The molecule has 0 atom stereocenters. The van der Waals surface area contributed by atoms with Crippen LogP contribution in [0.5, 0.6) is 0 Å². The lowest BCUT2D eigenvalue weighted by molar-refractivity contribution is -0.113. The summed E-state index contributed by atoms with van der Waals surface area (Å²) in [5.74, 6) is 1.96. The Morgan fingerprint density at radius 2 is 2.13 bits per heavy atom. The Morgan fingerprint density at radius 1 is 1.30 bits per heavy atom. The molecule has 3 aromatic rings. The second kappa shape index (κ2) is 7.19. The number of amides is 1. The number of hydrogen-bond acceptors (Lipinski definition) is 3. The molecule has 0 aliphatic carbocycles. The highest BCUT2D eigenvalue weighted by Gasteiger charge is 2.06. The first-order valence-electron chi connectivity index (χ1n) is 7.19. The lowest BCUT2D eigenvalue weighted by Gasteiger charge is -2.06. The molecule has 6 heteroatoms. The average Bonchev–Trinajstić information content (AvgIpc) is 2.93. The van der Waals surface area contributed by atoms with Crippen molar-refractivity contribution in [2.75, 3.05) is 11.1 Å². The summed E-state index contributed by atoms with van der Waals surface area (Å²) in [5, 5.41) is 2.91. The van der Waals surface area contributed by atoms with E-state index in [1.807, 2.05) is 49.4 Å². The van der Waals surface area contributed by atoms with Gasteiger partial charge in [-0.05, 0) is 42.8 Å². The number of aromatic nitrogens is 2. The van der Waals surface area contributed by atoms with Crippen LogP contribution < -0.4 is 5.32 Å². The number of fused-ring (bicyclic) bond motifs is 1. The third-order valence-corrected chi connectivity index (χ3v) is 5.19. The highest BCUT2D eigenvalue weighted by Crippen LogP contribution is 2.20. The van der Waals surface area contributed by atoms with Crippen molar-refractivity contribution >= 4 is 50.3 Å². The van der Waals surface area contributed by atoms with Crippen LogP contribution in [0.3, 0.4) is 0 Å². The highest BCUT2D eigenvalue weighted by atomic mass is 79.9. The van der Waals surface area contributed by atoms with Gasteiger partial charge in [-0.15, -0.1) is 11.8 Å². The number of aryl methyl sites for hydroxylation is 1. The number of benzene rings is 2. The van der Waals surface area contributed by atoms with E-state index in [1.165, 1.54) is 0 Å². The molecule has 0 fully saturated rings. The van der Waals surface area contributed by atoms with Gasteiger partial charge in [0.05, 0.1) is 22.5 Å². The van der Waals surface area contributed by atoms with Crippen LogP contribution in [0.1, 0.15) is 11.4 Å². The number of carbonyl (C=O) groups is 1. The Balaban J connectivity index is 1.51. The van der Waals surface area contributed by atoms with Crippen LogP contribution in [-0.2, 0) is 10.5 Å². The number of nitrogens with one attached hydrogen (secondary N) is 2. The van der Waals surface area contributed by atoms with E-state index in [9.17, 15) is 4.79 Å². The van der Waals surface area contributed by atoms with Crippen LogP contribution in [0.4, 0.5) is 5.69 Å². The molecule has 1 heterocycles. The zero-order valence-electron chi connectivity index (χ0n) is 12.6. The van der Waals surface area contributed by atoms with Crippen LogP contribution in [0.2, 0.25) is 0 Å². The van der Waals surface area contributed by atoms with Crippen LogP contribution in [0.25, 0.3) is 11.0 Å². The number of hydrogen-bond donors (Lipinski definition) is 2. The summed E-state index contributed by atoms with van der Waals surface area (Å²) in [4.78, 5) is 19.8. The molecular weight excluding hydrogens is 374 g/mol. The SMILES string of the molecule is Cc1cc(NC(=O)CSCc2nc3ccccc3[nH]2)ccc1Br. The average molecular weight is 390 g/mol. The molecule has 0 unspecified atom stereocenters. The number of carbonyl (C=O) groups excluding carboxylic acids is 1. The molecule has 118 valence electrons. The van der Waals surface area contributed by atoms with Crippen molar-refractivity contribution in [3.63, 3.8) is 0 Å². The second-order valence-electron chi connectivity index (χ2n) is 5.21. The largest absolute Gasteiger partial charge is 0.341 e. The van der Waals surface area contributed by atoms with E-state index in [-0.39, 0.29) is 5.91 Å². The van der Waals surface area contributed by atoms with Crippen LogP contribution in [-0.4, -0.2) is 21.6 Å². The Labute approximate surface area is 147 Å². The molecule has 1 aromatic heterocycles. The van der Waals surface area contributed by atoms with Crippen LogP contribution in [0.15, 0.2) is 46.9 Å². The molecule has 3 rings (SSSR count). The van der Waals surface area contributed by atoms with E-state index in [1.54, 1.807) is 11.8 Å². The van der Waals surface area contributed by atoms with E-state index in [0.29, 0.717) is 11.5 Å². The monoisotopic (exact) mass is 389 g/mol. The lowest BCUT2D eigenvalue weighted by atomic mass is 10.2. The maximum absolute atomic E-state index is 12.0. The summed E-state index contributed by atoms with van der Waals surface area (Å²) in [7, 11) is 0. The maximum atomic E-state index is 12.0. The fourth-order valence-corrected chi connectivity index (χ4v) is 3.17. The highest BCUT2D eigenvalue weighted by molar-refractivity contribution is 9.10. The molecule has 0 spiro atoms. The first-order chi connectivity index (χ1) is 11.1. The third-order valence-electron chi connectivity index (χ3n) is 3.35. The molecule has 0 bridgehead atoms. The molecule has 0 radical (unpaired) electrons. The molecule has 23 heavy (non-hydrogen) atoms. The normalized spacial score (nSPS) is 10.9. The van der Waals surface area contributed by atoms with Gasteiger partial charge in [0.25, 0.3) is 0 Å². The van der Waals surface area contributed by atoms with Gasteiger partial charge in [-0.3, -0.25) is 4.79 Å². The summed E-state index contributed by atoms with van der Waals surface area (Å²) < 4.78 is 1.04. The standard InChI is InChI=1S/C17H16BrN3OS/c1-11-8-12(6-7-13(11)18)19-17(22)10-23-9-16-20-14-4-2-3-5-15(14)21-16/h2-8H,9-10H2,1H3,(H,19,22)(H,20,21). The summed E-state index contributed by atoms with van der Waals surface area (Å²) in [6.07, 6.45) is 0. The fraction of sp³-hybridized carbons (Fsp3) is 0.176. The van der Waals surface area contributed by atoms with Gasteiger partial charge in [0.2, 0.25) is 5.91 Å². The summed E-state index contributed by atoms with van der Waals surface area (Å²) in [6, 6.07) is 13.7. The van der Waals surface area contributed by atoms with Crippen LogP contribution in [0, 0.1) is 6.92 Å². The van der Waals surface area contributed by atoms with Crippen molar-refractivity contribution in [1.82, 2.24) is 9.97 Å². The molecule has 0 saturated carbocycles. The molecular formula is C17H16BrN3OS. The van der Waals surface area contributed by atoms with Crippen molar-refractivity contribution < 1.29 is 4.79 Å². The zero-order valence-corrected chi connectivity index (χ0v) is 15.0. The number of para-hydroxylation sites is 2. The Bertz CT molecular complexity index is 814. The predicted molar refractivity (Wildman–Crippen MR) is 99.8 cm³/mol. The van der Waals surface area contributed by atoms with Crippen molar-refractivity contribution in [2.45, 2.75) is 12.7 Å². The maximum Gasteiger partial charge on any atom is 0.234 e. The second-order valence-corrected chi connectivity index (χ2v) is 7.05. The van der Waals surface area contributed by atoms with Crippen molar-refractivity contribution in [2.24, 2.45) is 0 Å². The Kier molecular flexibility index (Phi) is 5.03. The molecule has 0 aliphatic heterocycles. The molecule has 0 aliphatic rings. The van der Waals surface area contributed by atoms with E-state index in [2.05, 4.69) is 31.2 Å². The van der Waals surface area contributed by atoms with E-state index in [4.69, 9.17) is 0 Å². The van der Waals surface area contributed by atoms with Gasteiger partial charge in [0, 0.05) is 10.2 Å². The minimum absolute atomic E-state index is 0.00664. The predicted octanol–water partition coefficient (Wildman–Crippen LogP) is 4.51. The Morgan fingerprint density at radius 3 is 2.91 bits per heavy atom. The van der Waals surface area contributed by atoms with Gasteiger partial charge in [0.15, 0.2) is 0 Å². The number of thioether (sulfide) groups is 1. The first-order valence-corrected chi connectivity index (χ1v) is 9.14. The minimum Gasteiger partial charge on any atom is -0.341 e. The number of aromatic amines is 1. The number of rotatable bonds is 5. The molecule has 0 saturated heterocycles. The molecule has 2 aromatic carbocycles. The molecule has 1 amide bonds. The van der Waals surface area contributed by atoms with Gasteiger partial charge in [-0.25, -0.2) is 4.98 Å². The molecule has 4 nitrogen and oxygen atoms in total. The fourth-order valence-electron chi connectivity index (χ4n) is 2.23. The van der Waals surface area contributed by atoms with Crippen molar-refractivity contribution in [3.05, 3.63) is 58.3 Å². The number of imidazole rings is 1. The Hall–Kier alpha value is -1.79. The van der Waals surface area contributed by atoms with Gasteiger partial charge in [0.1, 0.15) is 5.82 Å². The number of anilines is 1. The smallest absolute Gasteiger partial charge is 0.234 e. The first kappa shape index (κ1) is 16.1. The van der Waals surface area contributed by atoms with E-state index in [0.717, 1.165) is 32.6 Å².